The van der Waals surface area contributed by atoms with Crippen LogP contribution in [-0.4, -0.2) is 9.78 Å². The van der Waals surface area contributed by atoms with E-state index in [1.54, 1.807) is 10.9 Å². The van der Waals surface area contributed by atoms with Gasteiger partial charge in [-0.05, 0) is 29.8 Å². The Labute approximate surface area is 136 Å². The average Bonchev–Trinajstić information content (AvgIpc) is 3.00. The maximum atomic E-state index is 6.32. The Bertz CT molecular complexity index is 741. The van der Waals surface area contributed by atoms with Crippen molar-refractivity contribution in [3.63, 3.8) is 0 Å². The molecule has 0 radical (unpaired) electrons. The number of halogens is 2. The first kappa shape index (κ1) is 14.2. The lowest BCUT2D eigenvalue weighted by molar-refractivity contribution is 0.879. The third kappa shape index (κ3) is 3.12. The largest absolute Gasteiger partial charge is 0.379 e. The van der Waals surface area contributed by atoms with Gasteiger partial charge in [0.25, 0.3) is 0 Å². The third-order valence-electron chi connectivity index (χ3n) is 3.15. The molecule has 0 saturated heterocycles. The number of hydrogen-bond acceptors (Lipinski definition) is 2. The Balaban J connectivity index is 1.90. The molecular formula is C16H13BrClN3. The van der Waals surface area contributed by atoms with E-state index >= 15 is 0 Å². The summed E-state index contributed by atoms with van der Waals surface area (Å²) in [6.45, 7) is 0.704. The highest BCUT2D eigenvalue weighted by molar-refractivity contribution is 9.10. The molecule has 3 aromatic rings. The quantitative estimate of drug-likeness (QED) is 0.715. The minimum absolute atomic E-state index is 0.663. The van der Waals surface area contributed by atoms with E-state index in [9.17, 15) is 0 Å². The van der Waals surface area contributed by atoms with Crippen LogP contribution in [0.5, 0.6) is 0 Å². The molecule has 1 heterocycles. The predicted molar refractivity (Wildman–Crippen MR) is 90.0 cm³/mol. The number of aromatic nitrogens is 2. The molecule has 21 heavy (non-hydrogen) atoms. The minimum Gasteiger partial charge on any atom is -0.379 e. The Kier molecular flexibility index (Phi) is 4.27. The molecule has 3 nitrogen and oxygen atoms in total. The van der Waals surface area contributed by atoms with Gasteiger partial charge in [0.15, 0.2) is 0 Å². The molecule has 106 valence electrons. The standard InChI is InChI=1S/C16H13BrClN3/c17-13-6-2-1-5-12(13)11-19-15-8-3-7-14(18)16(15)21-10-4-9-20-21/h1-10,19H,11H2. The Morgan fingerprint density at radius 3 is 2.71 bits per heavy atom. The second-order valence-corrected chi connectivity index (χ2v) is 5.79. The van der Waals surface area contributed by atoms with Gasteiger partial charge >= 0.3 is 0 Å². The van der Waals surface area contributed by atoms with Gasteiger partial charge in [0, 0.05) is 23.4 Å². The number of nitrogens with zero attached hydrogens (tertiary/aromatic N) is 2. The zero-order valence-electron chi connectivity index (χ0n) is 11.1. The average molecular weight is 363 g/mol. The van der Waals surface area contributed by atoms with Crippen molar-refractivity contribution in [3.05, 3.63) is 76.0 Å². The second-order valence-electron chi connectivity index (χ2n) is 4.53. The van der Waals surface area contributed by atoms with Crippen LogP contribution in [0, 0.1) is 0 Å². The molecule has 3 rings (SSSR count). The van der Waals surface area contributed by atoms with Crippen molar-refractivity contribution in [2.75, 3.05) is 5.32 Å². The smallest absolute Gasteiger partial charge is 0.106 e. The summed E-state index contributed by atoms with van der Waals surface area (Å²) in [5.74, 6) is 0. The maximum Gasteiger partial charge on any atom is 0.106 e. The Hall–Kier alpha value is -1.78. The van der Waals surface area contributed by atoms with Gasteiger partial charge in [-0.3, -0.25) is 0 Å². The summed E-state index contributed by atoms with van der Waals surface area (Å²) in [4.78, 5) is 0. The lowest BCUT2D eigenvalue weighted by atomic mass is 10.2. The van der Waals surface area contributed by atoms with Crippen molar-refractivity contribution >= 4 is 33.2 Å². The third-order valence-corrected chi connectivity index (χ3v) is 4.23. The van der Waals surface area contributed by atoms with Crippen LogP contribution in [0.3, 0.4) is 0 Å². The summed E-state index contributed by atoms with van der Waals surface area (Å²) in [7, 11) is 0. The number of rotatable bonds is 4. The fraction of sp³-hybridized carbons (Fsp3) is 0.0625. The van der Waals surface area contributed by atoms with Gasteiger partial charge in [-0.25, -0.2) is 4.68 Å². The molecule has 2 aromatic carbocycles. The number of nitrogens with one attached hydrogen (secondary N) is 1. The number of para-hydroxylation sites is 1. The van der Waals surface area contributed by atoms with E-state index in [2.05, 4.69) is 32.4 Å². The Morgan fingerprint density at radius 1 is 1.10 bits per heavy atom. The highest BCUT2D eigenvalue weighted by Crippen LogP contribution is 2.28. The van der Waals surface area contributed by atoms with Crippen LogP contribution in [0.25, 0.3) is 5.69 Å². The van der Waals surface area contributed by atoms with Gasteiger partial charge in [0.1, 0.15) is 5.69 Å². The summed E-state index contributed by atoms with van der Waals surface area (Å²) >= 11 is 9.88. The summed E-state index contributed by atoms with van der Waals surface area (Å²) in [5.41, 5.74) is 2.99. The molecule has 0 spiro atoms. The second kappa shape index (κ2) is 6.33. The van der Waals surface area contributed by atoms with Crippen LogP contribution >= 0.6 is 27.5 Å². The zero-order valence-corrected chi connectivity index (χ0v) is 13.5. The first-order valence-electron chi connectivity index (χ1n) is 6.51. The van der Waals surface area contributed by atoms with E-state index in [0.717, 1.165) is 15.8 Å². The fourth-order valence-corrected chi connectivity index (χ4v) is 2.81. The molecule has 0 unspecified atom stereocenters. The summed E-state index contributed by atoms with van der Waals surface area (Å²) in [5, 5.41) is 8.35. The topological polar surface area (TPSA) is 29.9 Å². The van der Waals surface area contributed by atoms with Crippen molar-refractivity contribution in [2.24, 2.45) is 0 Å². The molecule has 0 aliphatic heterocycles. The van der Waals surface area contributed by atoms with Crippen LogP contribution in [0.4, 0.5) is 5.69 Å². The number of benzene rings is 2. The van der Waals surface area contributed by atoms with Crippen LogP contribution < -0.4 is 5.32 Å². The van der Waals surface area contributed by atoms with Crippen molar-refractivity contribution in [1.82, 2.24) is 9.78 Å². The normalized spacial score (nSPS) is 10.6. The predicted octanol–water partition coefficient (Wildman–Crippen LogP) is 4.90. The lowest BCUT2D eigenvalue weighted by Crippen LogP contribution is -2.05. The zero-order chi connectivity index (χ0) is 14.7. The SMILES string of the molecule is Clc1cccc(NCc2ccccc2Br)c1-n1cccn1. The number of hydrogen-bond donors (Lipinski definition) is 1. The maximum absolute atomic E-state index is 6.32. The van der Waals surface area contributed by atoms with E-state index in [1.165, 1.54) is 5.56 Å². The highest BCUT2D eigenvalue weighted by Gasteiger charge is 2.09. The molecule has 0 amide bonds. The molecule has 0 atom stereocenters. The summed E-state index contributed by atoms with van der Waals surface area (Å²) in [6, 6.07) is 15.8. The molecule has 1 N–H and O–H groups in total. The van der Waals surface area contributed by atoms with E-state index in [0.29, 0.717) is 11.6 Å². The monoisotopic (exact) mass is 361 g/mol. The molecular weight excluding hydrogens is 350 g/mol. The van der Waals surface area contributed by atoms with Gasteiger partial charge in [-0.1, -0.05) is 51.8 Å². The van der Waals surface area contributed by atoms with Crippen molar-refractivity contribution in [3.8, 4) is 5.69 Å². The van der Waals surface area contributed by atoms with Gasteiger partial charge in [-0.2, -0.15) is 5.10 Å². The molecule has 0 aliphatic rings. The summed E-state index contributed by atoms with van der Waals surface area (Å²) < 4.78 is 2.85. The van der Waals surface area contributed by atoms with E-state index < -0.39 is 0 Å². The molecule has 0 fully saturated rings. The minimum atomic E-state index is 0.663. The van der Waals surface area contributed by atoms with Crippen LogP contribution in [0.2, 0.25) is 5.02 Å². The van der Waals surface area contributed by atoms with Crippen LogP contribution in [0.15, 0.2) is 65.4 Å². The first-order chi connectivity index (χ1) is 10.3. The van der Waals surface area contributed by atoms with Crippen LogP contribution in [-0.2, 0) is 6.54 Å². The van der Waals surface area contributed by atoms with Gasteiger partial charge in [-0.15, -0.1) is 0 Å². The fourth-order valence-electron chi connectivity index (χ4n) is 2.12. The lowest BCUT2D eigenvalue weighted by Gasteiger charge is -2.14. The van der Waals surface area contributed by atoms with Gasteiger partial charge < -0.3 is 5.32 Å². The van der Waals surface area contributed by atoms with Crippen molar-refractivity contribution < 1.29 is 0 Å². The van der Waals surface area contributed by atoms with Gasteiger partial charge in [0.05, 0.1) is 10.7 Å². The van der Waals surface area contributed by atoms with E-state index in [4.69, 9.17) is 11.6 Å². The van der Waals surface area contributed by atoms with Gasteiger partial charge in [0.2, 0.25) is 0 Å². The number of anilines is 1. The molecule has 0 aliphatic carbocycles. The first-order valence-corrected chi connectivity index (χ1v) is 7.68. The van der Waals surface area contributed by atoms with Crippen LogP contribution in [0.1, 0.15) is 5.56 Å². The molecule has 5 heteroatoms. The van der Waals surface area contributed by atoms with Crippen molar-refractivity contribution in [2.45, 2.75) is 6.54 Å². The molecule has 0 bridgehead atoms. The Morgan fingerprint density at radius 2 is 1.95 bits per heavy atom. The molecule has 1 aromatic heterocycles. The summed E-state index contributed by atoms with van der Waals surface area (Å²) in [6.07, 6.45) is 3.62. The van der Waals surface area contributed by atoms with E-state index in [-0.39, 0.29) is 0 Å². The highest BCUT2D eigenvalue weighted by atomic mass is 79.9. The van der Waals surface area contributed by atoms with E-state index in [1.807, 2.05) is 48.7 Å². The molecule has 0 saturated carbocycles. The van der Waals surface area contributed by atoms with Crippen molar-refractivity contribution in [1.29, 1.82) is 0 Å².